The summed E-state index contributed by atoms with van der Waals surface area (Å²) in [6.45, 7) is 2.06. The highest BCUT2D eigenvalue weighted by atomic mass is 35.5. The minimum absolute atomic E-state index is 0.123. The van der Waals surface area contributed by atoms with Gasteiger partial charge in [0, 0.05) is 17.9 Å². The second-order valence-corrected chi connectivity index (χ2v) is 8.02. The Morgan fingerprint density at radius 2 is 2.00 bits per heavy atom. The van der Waals surface area contributed by atoms with Crippen molar-refractivity contribution in [2.45, 2.75) is 31.8 Å². The molecule has 0 amide bonds. The molecule has 1 aliphatic rings. The summed E-state index contributed by atoms with van der Waals surface area (Å²) >= 11 is 6.11. The molecule has 1 heterocycles. The zero-order valence-corrected chi connectivity index (χ0v) is 18.9. The highest BCUT2D eigenvalue weighted by molar-refractivity contribution is 6.31. The molecule has 7 heteroatoms. The average molecular weight is 460 g/mol. The van der Waals surface area contributed by atoms with Crippen molar-refractivity contribution in [2.75, 3.05) is 6.61 Å². The Kier molecular flexibility index (Phi) is 6.71. The van der Waals surface area contributed by atoms with Crippen LogP contribution in [0.2, 0.25) is 5.02 Å². The number of fused-ring (bicyclic) bond motifs is 1. The number of halogens is 1. The van der Waals surface area contributed by atoms with Gasteiger partial charge in [0.2, 0.25) is 11.5 Å². The van der Waals surface area contributed by atoms with Gasteiger partial charge in [-0.2, -0.15) is 5.26 Å². The van der Waals surface area contributed by atoms with Crippen molar-refractivity contribution in [3.8, 4) is 11.9 Å². The summed E-state index contributed by atoms with van der Waals surface area (Å²) in [5.74, 6) is -0.115. The molecule has 0 bridgehead atoms. The lowest BCUT2D eigenvalue weighted by atomic mass is 9.90. The predicted octanol–water partition coefficient (Wildman–Crippen LogP) is 5.46. The fourth-order valence-corrected chi connectivity index (χ4v) is 3.73. The van der Waals surface area contributed by atoms with E-state index in [0.29, 0.717) is 34.8 Å². The van der Waals surface area contributed by atoms with E-state index in [1.807, 2.05) is 42.5 Å². The van der Waals surface area contributed by atoms with Crippen molar-refractivity contribution in [3.05, 3.63) is 83.0 Å². The Morgan fingerprint density at radius 3 is 2.70 bits per heavy atom. The molecule has 0 aliphatic heterocycles. The number of esters is 1. The van der Waals surface area contributed by atoms with Gasteiger partial charge in [-0.05, 0) is 42.3 Å². The van der Waals surface area contributed by atoms with E-state index in [1.54, 1.807) is 31.2 Å². The van der Waals surface area contributed by atoms with Crippen LogP contribution in [0.1, 0.15) is 31.0 Å². The Labute approximate surface area is 197 Å². The molecular formula is C26H22ClN3O3. The standard InChI is InChI=1S/C26H22ClN3O3/c1-2-32-24(31)11-10-22-25(30-21-9-8-20(27)16-23(21)29-22)33-26(17-28)14-12-19(13-15-26)18-6-4-3-5-7-18/h3-9,12-14,16H,2,10-11,15H2,1H3. The minimum Gasteiger partial charge on any atom is -0.466 e. The fraction of sp³-hybridized carbons (Fsp3) is 0.231. The lowest BCUT2D eigenvalue weighted by molar-refractivity contribution is -0.143. The van der Waals surface area contributed by atoms with Crippen LogP contribution in [0.4, 0.5) is 0 Å². The lowest BCUT2D eigenvalue weighted by Crippen LogP contribution is -2.33. The first-order valence-electron chi connectivity index (χ1n) is 10.7. The topological polar surface area (TPSA) is 85.1 Å². The van der Waals surface area contributed by atoms with E-state index < -0.39 is 5.60 Å². The largest absolute Gasteiger partial charge is 0.466 e. The minimum atomic E-state index is -1.23. The molecule has 2 aromatic carbocycles. The summed E-state index contributed by atoms with van der Waals surface area (Å²) in [5.41, 5.74) is 2.50. The number of carbonyl (C=O) groups excluding carboxylic acids is 1. The quantitative estimate of drug-likeness (QED) is 0.436. The smallest absolute Gasteiger partial charge is 0.306 e. The van der Waals surface area contributed by atoms with E-state index in [9.17, 15) is 10.1 Å². The second-order valence-electron chi connectivity index (χ2n) is 7.58. The van der Waals surface area contributed by atoms with Crippen LogP contribution in [0.15, 0.2) is 66.8 Å². The van der Waals surface area contributed by atoms with Gasteiger partial charge in [0.25, 0.3) is 0 Å². The number of allylic oxidation sites excluding steroid dienone is 2. The van der Waals surface area contributed by atoms with Crippen LogP contribution in [-0.4, -0.2) is 28.1 Å². The Bertz CT molecular complexity index is 1280. The Hall–Kier alpha value is -3.69. The average Bonchev–Trinajstić information content (AvgIpc) is 2.84. The van der Waals surface area contributed by atoms with Gasteiger partial charge in [-0.1, -0.05) is 54.1 Å². The summed E-state index contributed by atoms with van der Waals surface area (Å²) in [6.07, 6.45) is 6.35. The van der Waals surface area contributed by atoms with E-state index >= 15 is 0 Å². The molecule has 0 fully saturated rings. The van der Waals surface area contributed by atoms with Crippen LogP contribution < -0.4 is 4.74 Å². The summed E-state index contributed by atoms with van der Waals surface area (Å²) in [6, 6.07) is 17.4. The fourth-order valence-electron chi connectivity index (χ4n) is 3.57. The number of nitrogens with zero attached hydrogens (tertiary/aromatic N) is 3. The molecule has 1 aromatic heterocycles. The first-order valence-corrected chi connectivity index (χ1v) is 11.1. The van der Waals surface area contributed by atoms with E-state index in [0.717, 1.165) is 11.1 Å². The maximum Gasteiger partial charge on any atom is 0.306 e. The molecule has 0 spiro atoms. The van der Waals surface area contributed by atoms with Gasteiger partial charge in [0.05, 0.1) is 24.1 Å². The van der Waals surface area contributed by atoms with Crippen molar-refractivity contribution >= 4 is 34.2 Å². The highest BCUT2D eigenvalue weighted by Gasteiger charge is 2.33. The van der Waals surface area contributed by atoms with Crippen LogP contribution in [0.5, 0.6) is 5.88 Å². The Balaban J connectivity index is 1.64. The molecule has 1 unspecified atom stereocenters. The molecule has 0 radical (unpaired) electrons. The number of rotatable bonds is 7. The van der Waals surface area contributed by atoms with Crippen LogP contribution in [0.25, 0.3) is 16.6 Å². The number of ether oxygens (including phenoxy) is 2. The van der Waals surface area contributed by atoms with Gasteiger partial charge in [-0.3, -0.25) is 4.79 Å². The number of hydrogen-bond acceptors (Lipinski definition) is 6. The molecule has 4 rings (SSSR count). The van der Waals surface area contributed by atoms with Gasteiger partial charge in [-0.15, -0.1) is 0 Å². The number of aromatic nitrogens is 2. The van der Waals surface area contributed by atoms with Crippen LogP contribution in [0.3, 0.4) is 0 Å². The second kappa shape index (κ2) is 9.85. The van der Waals surface area contributed by atoms with Crippen molar-refractivity contribution in [2.24, 2.45) is 0 Å². The van der Waals surface area contributed by atoms with Gasteiger partial charge < -0.3 is 9.47 Å². The van der Waals surface area contributed by atoms with Crippen molar-refractivity contribution in [1.29, 1.82) is 5.26 Å². The molecule has 3 aromatic rings. The first-order chi connectivity index (χ1) is 16.0. The zero-order valence-electron chi connectivity index (χ0n) is 18.1. The maximum atomic E-state index is 11.9. The van der Waals surface area contributed by atoms with E-state index in [-0.39, 0.29) is 24.7 Å². The molecule has 1 atom stereocenters. The number of hydrogen-bond donors (Lipinski definition) is 0. The van der Waals surface area contributed by atoms with E-state index in [4.69, 9.17) is 21.1 Å². The van der Waals surface area contributed by atoms with Crippen LogP contribution in [-0.2, 0) is 16.0 Å². The summed E-state index contributed by atoms with van der Waals surface area (Å²) in [7, 11) is 0. The summed E-state index contributed by atoms with van der Waals surface area (Å²) < 4.78 is 11.2. The number of nitriles is 1. The number of benzene rings is 2. The van der Waals surface area contributed by atoms with Gasteiger partial charge in [-0.25, -0.2) is 9.97 Å². The molecule has 6 nitrogen and oxygen atoms in total. The van der Waals surface area contributed by atoms with Crippen molar-refractivity contribution in [1.82, 2.24) is 9.97 Å². The molecule has 1 aliphatic carbocycles. The summed E-state index contributed by atoms with van der Waals surface area (Å²) in [5, 5.41) is 10.5. The van der Waals surface area contributed by atoms with Gasteiger partial charge in [0.1, 0.15) is 11.8 Å². The number of carbonyl (C=O) groups is 1. The van der Waals surface area contributed by atoms with Crippen molar-refractivity contribution < 1.29 is 14.3 Å². The lowest BCUT2D eigenvalue weighted by Gasteiger charge is -2.27. The van der Waals surface area contributed by atoms with Crippen LogP contribution in [0, 0.1) is 11.3 Å². The van der Waals surface area contributed by atoms with E-state index in [1.165, 1.54) is 0 Å². The highest BCUT2D eigenvalue weighted by Crippen LogP contribution is 2.32. The molecule has 0 N–H and O–H groups in total. The monoisotopic (exact) mass is 459 g/mol. The normalized spacial score (nSPS) is 17.3. The van der Waals surface area contributed by atoms with Gasteiger partial charge in [0.15, 0.2) is 0 Å². The predicted molar refractivity (Wildman–Crippen MR) is 127 cm³/mol. The van der Waals surface area contributed by atoms with Crippen molar-refractivity contribution in [3.63, 3.8) is 0 Å². The SMILES string of the molecule is CCOC(=O)CCc1nc2cc(Cl)ccc2nc1OC1(C#N)C=CC(c2ccccc2)=CC1. The summed E-state index contributed by atoms with van der Waals surface area (Å²) in [4.78, 5) is 21.2. The van der Waals surface area contributed by atoms with E-state index in [2.05, 4.69) is 16.0 Å². The molecule has 0 saturated heterocycles. The molecule has 33 heavy (non-hydrogen) atoms. The third-order valence-electron chi connectivity index (χ3n) is 5.27. The van der Waals surface area contributed by atoms with Gasteiger partial charge >= 0.3 is 5.97 Å². The van der Waals surface area contributed by atoms with Crippen LogP contribution >= 0.6 is 11.6 Å². The molecule has 0 saturated carbocycles. The zero-order chi connectivity index (χ0) is 23.3. The molecular weight excluding hydrogens is 438 g/mol. The third-order valence-corrected chi connectivity index (χ3v) is 5.50. The third kappa shape index (κ3) is 5.21. The maximum absolute atomic E-state index is 11.9. The first kappa shape index (κ1) is 22.5. The number of aryl methyl sites for hydroxylation is 1. The molecule has 166 valence electrons. The Morgan fingerprint density at radius 1 is 1.18 bits per heavy atom.